The number of likely N-dealkylation sites (tertiary alicyclic amines) is 1. The van der Waals surface area contributed by atoms with E-state index in [1.54, 1.807) is 6.20 Å². The third-order valence-electron chi connectivity index (χ3n) is 4.09. The molecule has 0 aliphatic carbocycles. The Labute approximate surface area is 138 Å². The normalized spacial score (nSPS) is 18.3. The maximum absolute atomic E-state index is 11.5. The molecule has 126 valence electrons. The van der Waals surface area contributed by atoms with Crippen LogP contribution in [0.2, 0.25) is 0 Å². The molecule has 1 fully saturated rings. The summed E-state index contributed by atoms with van der Waals surface area (Å²) >= 11 is 0. The predicted octanol–water partition coefficient (Wildman–Crippen LogP) is 2.87. The molecule has 0 aromatic carbocycles. The number of allylic oxidation sites excluding steroid dienone is 1. The van der Waals surface area contributed by atoms with Gasteiger partial charge in [0.2, 0.25) is 0 Å². The number of carbonyl (C=O) groups is 1. The van der Waals surface area contributed by atoms with Gasteiger partial charge in [-0.1, -0.05) is 31.6 Å². The highest BCUT2D eigenvalue weighted by Gasteiger charge is 2.28. The van der Waals surface area contributed by atoms with Crippen LogP contribution < -0.4 is 0 Å². The highest BCUT2D eigenvalue weighted by molar-refractivity contribution is 5.75. The lowest BCUT2D eigenvalue weighted by Crippen LogP contribution is -2.46. The number of aromatic nitrogens is 1. The van der Waals surface area contributed by atoms with Gasteiger partial charge in [-0.25, -0.2) is 0 Å². The lowest BCUT2D eigenvalue weighted by atomic mass is 10.0. The van der Waals surface area contributed by atoms with Crippen molar-refractivity contribution in [3.63, 3.8) is 0 Å². The lowest BCUT2D eigenvalue weighted by molar-refractivity contribution is -0.142. The van der Waals surface area contributed by atoms with Crippen LogP contribution in [0.25, 0.3) is 0 Å². The van der Waals surface area contributed by atoms with Gasteiger partial charge in [0.1, 0.15) is 6.04 Å². The van der Waals surface area contributed by atoms with E-state index in [0.717, 1.165) is 44.5 Å². The first-order valence-electron chi connectivity index (χ1n) is 8.35. The van der Waals surface area contributed by atoms with Crippen LogP contribution in [0.5, 0.6) is 0 Å². The number of hydrogen-bond donors (Lipinski definition) is 1. The van der Waals surface area contributed by atoms with Crippen LogP contribution in [0, 0.1) is 0 Å². The second kappa shape index (κ2) is 9.43. The van der Waals surface area contributed by atoms with Gasteiger partial charge in [-0.05, 0) is 31.4 Å². The summed E-state index contributed by atoms with van der Waals surface area (Å²) in [5.41, 5.74) is 0.931. The van der Waals surface area contributed by atoms with E-state index in [2.05, 4.69) is 11.9 Å². The third kappa shape index (κ3) is 5.77. The molecule has 5 nitrogen and oxygen atoms in total. The molecule has 1 saturated heterocycles. The number of unbranched alkanes of at least 4 members (excludes halogenated alkanes) is 1. The van der Waals surface area contributed by atoms with Crippen LogP contribution in [0.15, 0.2) is 36.5 Å². The fourth-order valence-corrected chi connectivity index (χ4v) is 2.76. The van der Waals surface area contributed by atoms with Gasteiger partial charge in [-0.15, -0.1) is 0 Å². The van der Waals surface area contributed by atoms with Crippen LogP contribution in [0.3, 0.4) is 0 Å². The molecule has 1 aliphatic heterocycles. The summed E-state index contributed by atoms with van der Waals surface area (Å²) in [6.45, 7) is 4.11. The number of rotatable bonds is 8. The van der Waals surface area contributed by atoms with Crippen molar-refractivity contribution in [2.45, 2.75) is 51.4 Å². The van der Waals surface area contributed by atoms with Crippen molar-refractivity contribution >= 4 is 5.97 Å². The van der Waals surface area contributed by atoms with Crippen molar-refractivity contribution in [3.8, 4) is 0 Å². The molecular formula is C18H26N2O3. The number of carboxylic acid groups (broad SMARTS) is 1. The number of aliphatic carboxylic acids is 1. The van der Waals surface area contributed by atoms with Crippen LogP contribution in [0.1, 0.15) is 38.3 Å². The number of hydrogen-bond acceptors (Lipinski definition) is 4. The molecule has 2 heterocycles. The molecule has 0 spiro atoms. The Morgan fingerprint density at radius 1 is 1.48 bits per heavy atom. The van der Waals surface area contributed by atoms with Crippen LogP contribution in [-0.4, -0.2) is 46.2 Å². The summed E-state index contributed by atoms with van der Waals surface area (Å²) in [4.78, 5) is 17.7. The lowest BCUT2D eigenvalue weighted by Gasteiger charge is -2.34. The number of ether oxygens (including phenoxy) is 1. The van der Waals surface area contributed by atoms with Gasteiger partial charge in [0, 0.05) is 19.3 Å². The van der Waals surface area contributed by atoms with E-state index < -0.39 is 12.0 Å². The van der Waals surface area contributed by atoms with E-state index in [1.807, 2.05) is 35.3 Å². The fourth-order valence-electron chi connectivity index (χ4n) is 2.76. The summed E-state index contributed by atoms with van der Waals surface area (Å²) in [6.07, 6.45) is 9.42. The van der Waals surface area contributed by atoms with Crippen LogP contribution in [0.4, 0.5) is 0 Å². The number of nitrogens with zero attached hydrogens (tertiary/aromatic N) is 2. The Bertz CT molecular complexity index is 496. The summed E-state index contributed by atoms with van der Waals surface area (Å²) in [6, 6.07) is 5.28. The van der Waals surface area contributed by atoms with E-state index in [9.17, 15) is 9.90 Å². The molecule has 1 aliphatic rings. The second-order valence-electron chi connectivity index (χ2n) is 5.87. The minimum atomic E-state index is -0.773. The van der Waals surface area contributed by atoms with E-state index >= 15 is 0 Å². The van der Waals surface area contributed by atoms with Crippen LogP contribution in [-0.2, 0) is 16.1 Å². The van der Waals surface area contributed by atoms with Crippen molar-refractivity contribution in [1.29, 1.82) is 0 Å². The topological polar surface area (TPSA) is 62.7 Å². The van der Waals surface area contributed by atoms with Gasteiger partial charge >= 0.3 is 5.97 Å². The molecular weight excluding hydrogens is 292 g/mol. The summed E-state index contributed by atoms with van der Waals surface area (Å²) in [5, 5.41) is 9.41. The molecule has 0 amide bonds. The number of pyridine rings is 1. The van der Waals surface area contributed by atoms with Gasteiger partial charge in [-0.3, -0.25) is 14.7 Å². The van der Waals surface area contributed by atoms with Crippen molar-refractivity contribution in [2.24, 2.45) is 0 Å². The van der Waals surface area contributed by atoms with Gasteiger partial charge < -0.3 is 9.84 Å². The predicted molar refractivity (Wildman–Crippen MR) is 89.1 cm³/mol. The second-order valence-corrected chi connectivity index (χ2v) is 5.87. The zero-order valence-electron chi connectivity index (χ0n) is 13.7. The molecule has 1 aromatic heterocycles. The van der Waals surface area contributed by atoms with Crippen molar-refractivity contribution in [1.82, 2.24) is 9.88 Å². The first-order chi connectivity index (χ1) is 11.2. The van der Waals surface area contributed by atoms with Gasteiger partial charge in [0.15, 0.2) is 0 Å². The van der Waals surface area contributed by atoms with Crippen molar-refractivity contribution < 1.29 is 14.6 Å². The van der Waals surface area contributed by atoms with E-state index in [-0.39, 0.29) is 6.10 Å². The fraction of sp³-hybridized carbons (Fsp3) is 0.556. The molecule has 0 radical (unpaired) electrons. The van der Waals surface area contributed by atoms with Crippen molar-refractivity contribution in [2.75, 3.05) is 13.1 Å². The molecule has 0 saturated carbocycles. The Morgan fingerprint density at radius 2 is 2.26 bits per heavy atom. The maximum atomic E-state index is 11.5. The van der Waals surface area contributed by atoms with E-state index in [4.69, 9.17) is 4.74 Å². The Morgan fingerprint density at radius 3 is 2.87 bits per heavy atom. The Hall–Kier alpha value is -1.72. The minimum Gasteiger partial charge on any atom is -0.480 e. The highest BCUT2D eigenvalue weighted by atomic mass is 16.5. The summed E-state index contributed by atoms with van der Waals surface area (Å²) in [5.74, 6) is -0.773. The quantitative estimate of drug-likeness (QED) is 0.747. The van der Waals surface area contributed by atoms with Crippen LogP contribution >= 0.6 is 0 Å². The largest absolute Gasteiger partial charge is 0.480 e. The Kier molecular flexibility index (Phi) is 7.23. The molecule has 1 unspecified atom stereocenters. The molecule has 1 aromatic rings. The monoisotopic (exact) mass is 318 g/mol. The van der Waals surface area contributed by atoms with Gasteiger partial charge in [0.05, 0.1) is 18.4 Å². The first-order valence-corrected chi connectivity index (χ1v) is 8.35. The zero-order chi connectivity index (χ0) is 16.5. The standard InChI is InChI=1S/C18H26N2O3/c1-2-3-4-8-17(18(21)22)20-12-9-16(10-13-20)23-14-15-7-5-6-11-19-15/h4-8,11,16-17H,2-3,9-10,12-14H2,1H3,(H,21,22). The first kappa shape index (κ1) is 17.6. The molecule has 0 bridgehead atoms. The third-order valence-corrected chi connectivity index (χ3v) is 4.09. The van der Waals surface area contributed by atoms with E-state index in [0.29, 0.717) is 6.61 Å². The van der Waals surface area contributed by atoms with Gasteiger partial charge in [-0.2, -0.15) is 0 Å². The maximum Gasteiger partial charge on any atom is 0.324 e. The summed E-state index contributed by atoms with van der Waals surface area (Å²) in [7, 11) is 0. The highest BCUT2D eigenvalue weighted by Crippen LogP contribution is 2.18. The summed E-state index contributed by atoms with van der Waals surface area (Å²) < 4.78 is 5.90. The molecule has 23 heavy (non-hydrogen) atoms. The molecule has 2 rings (SSSR count). The zero-order valence-corrected chi connectivity index (χ0v) is 13.7. The minimum absolute atomic E-state index is 0.183. The molecule has 1 atom stereocenters. The van der Waals surface area contributed by atoms with E-state index in [1.165, 1.54) is 0 Å². The Balaban J connectivity index is 1.78. The number of carboxylic acids is 1. The average molecular weight is 318 g/mol. The molecule has 1 N–H and O–H groups in total. The smallest absolute Gasteiger partial charge is 0.324 e. The van der Waals surface area contributed by atoms with Crippen molar-refractivity contribution in [3.05, 3.63) is 42.2 Å². The number of piperidine rings is 1. The molecule has 5 heteroatoms. The average Bonchev–Trinajstić information content (AvgIpc) is 2.58. The van der Waals surface area contributed by atoms with Gasteiger partial charge in [0.25, 0.3) is 0 Å². The SMILES string of the molecule is CCCC=CC(C(=O)O)N1CCC(OCc2ccccn2)CC1.